The van der Waals surface area contributed by atoms with Gasteiger partial charge in [0.25, 0.3) is 0 Å². The van der Waals surface area contributed by atoms with E-state index in [1.165, 1.54) is 18.9 Å². The number of rotatable bonds is 8. The monoisotopic (exact) mass is 316 g/mol. The molecule has 20 heavy (non-hydrogen) atoms. The average molecular weight is 317 g/mol. The summed E-state index contributed by atoms with van der Waals surface area (Å²) in [7, 11) is -3.45. The van der Waals surface area contributed by atoms with E-state index in [9.17, 15) is 8.42 Å². The Morgan fingerprint density at radius 2 is 2.10 bits per heavy atom. The Kier molecular flexibility index (Phi) is 5.43. The van der Waals surface area contributed by atoms with Crippen LogP contribution in [0.4, 0.5) is 0 Å². The molecule has 0 radical (unpaired) electrons. The summed E-state index contributed by atoms with van der Waals surface area (Å²) in [5.74, 6) is 0. The SMILES string of the molecule is CCCCNS(=O)(=O)c1ccc(CNC2CC2)c(Cl)c1. The standard InChI is InChI=1S/C14H21ClN2O2S/c1-2-3-8-17-20(18,19)13-7-4-11(14(15)9-13)10-16-12-5-6-12/h4,7,9,12,16-17H,2-3,5-6,8,10H2,1H3. The predicted octanol–water partition coefficient (Wildman–Crippen LogP) is 2.67. The molecule has 2 rings (SSSR count). The minimum absolute atomic E-state index is 0.230. The predicted molar refractivity (Wildman–Crippen MR) is 81.4 cm³/mol. The molecule has 1 aromatic carbocycles. The van der Waals surface area contributed by atoms with E-state index in [-0.39, 0.29) is 4.90 Å². The van der Waals surface area contributed by atoms with Crippen LogP contribution < -0.4 is 10.0 Å². The van der Waals surface area contributed by atoms with Gasteiger partial charge in [0, 0.05) is 24.2 Å². The van der Waals surface area contributed by atoms with Gasteiger partial charge in [-0.15, -0.1) is 0 Å². The van der Waals surface area contributed by atoms with Crippen molar-refractivity contribution in [1.82, 2.24) is 10.0 Å². The molecule has 0 bridgehead atoms. The Balaban J connectivity index is 2.02. The molecule has 1 aliphatic carbocycles. The first kappa shape index (κ1) is 15.8. The molecule has 0 atom stereocenters. The topological polar surface area (TPSA) is 58.2 Å². The molecule has 0 heterocycles. The van der Waals surface area contributed by atoms with E-state index >= 15 is 0 Å². The third kappa shape index (κ3) is 4.45. The zero-order chi connectivity index (χ0) is 14.6. The van der Waals surface area contributed by atoms with E-state index in [0.717, 1.165) is 18.4 Å². The molecule has 6 heteroatoms. The maximum Gasteiger partial charge on any atom is 0.240 e. The second-order valence-corrected chi connectivity index (χ2v) is 7.33. The van der Waals surface area contributed by atoms with E-state index in [1.807, 2.05) is 6.92 Å². The van der Waals surface area contributed by atoms with Crippen molar-refractivity contribution < 1.29 is 8.42 Å². The van der Waals surface area contributed by atoms with E-state index in [0.29, 0.717) is 24.2 Å². The molecule has 1 aromatic rings. The van der Waals surface area contributed by atoms with E-state index in [4.69, 9.17) is 11.6 Å². The minimum Gasteiger partial charge on any atom is -0.310 e. The molecule has 0 spiro atoms. The first-order valence-electron chi connectivity index (χ1n) is 7.04. The van der Waals surface area contributed by atoms with E-state index in [2.05, 4.69) is 10.0 Å². The Labute approximate surface area is 126 Å². The lowest BCUT2D eigenvalue weighted by Gasteiger charge is -2.10. The van der Waals surface area contributed by atoms with Crippen molar-refractivity contribution in [2.75, 3.05) is 6.54 Å². The van der Waals surface area contributed by atoms with Gasteiger partial charge in [0.2, 0.25) is 10.0 Å². The van der Waals surface area contributed by atoms with E-state index < -0.39 is 10.0 Å². The minimum atomic E-state index is -3.45. The molecule has 0 amide bonds. The molecular weight excluding hydrogens is 296 g/mol. The molecule has 0 saturated heterocycles. The fourth-order valence-electron chi connectivity index (χ4n) is 1.85. The van der Waals surface area contributed by atoms with Crippen LogP contribution in [-0.2, 0) is 16.6 Å². The van der Waals surface area contributed by atoms with Crippen LogP contribution in [0.15, 0.2) is 23.1 Å². The summed E-state index contributed by atoms with van der Waals surface area (Å²) >= 11 is 6.17. The summed E-state index contributed by atoms with van der Waals surface area (Å²) in [6.07, 6.45) is 4.21. The Morgan fingerprint density at radius 1 is 1.35 bits per heavy atom. The van der Waals surface area contributed by atoms with Gasteiger partial charge in [-0.2, -0.15) is 0 Å². The Bertz CT molecular complexity index is 556. The summed E-state index contributed by atoms with van der Waals surface area (Å²) in [6.45, 7) is 3.17. The Hall–Kier alpha value is -0.620. The van der Waals surface area contributed by atoms with Crippen molar-refractivity contribution in [2.45, 2.75) is 50.1 Å². The maximum absolute atomic E-state index is 12.1. The smallest absolute Gasteiger partial charge is 0.240 e. The first-order valence-corrected chi connectivity index (χ1v) is 8.90. The number of benzene rings is 1. The highest BCUT2D eigenvalue weighted by Gasteiger charge is 2.21. The molecule has 4 nitrogen and oxygen atoms in total. The van der Waals surface area contributed by atoms with E-state index in [1.54, 1.807) is 12.1 Å². The molecule has 0 aromatic heterocycles. The second-order valence-electron chi connectivity index (χ2n) is 5.16. The highest BCUT2D eigenvalue weighted by molar-refractivity contribution is 7.89. The lowest BCUT2D eigenvalue weighted by Crippen LogP contribution is -2.24. The number of unbranched alkanes of at least 4 members (excludes halogenated alkanes) is 1. The zero-order valence-electron chi connectivity index (χ0n) is 11.7. The van der Waals surface area contributed by atoms with Gasteiger partial charge < -0.3 is 5.32 Å². The summed E-state index contributed by atoms with van der Waals surface area (Å²) in [5.41, 5.74) is 0.936. The molecule has 2 N–H and O–H groups in total. The normalized spacial score (nSPS) is 15.5. The van der Waals surface area contributed by atoms with Crippen molar-refractivity contribution in [1.29, 1.82) is 0 Å². The van der Waals surface area contributed by atoms with Gasteiger partial charge in [0.1, 0.15) is 0 Å². The highest BCUT2D eigenvalue weighted by Crippen LogP contribution is 2.23. The zero-order valence-corrected chi connectivity index (χ0v) is 13.2. The third-order valence-electron chi connectivity index (χ3n) is 3.32. The van der Waals surface area contributed by atoms with Crippen LogP contribution in [0, 0.1) is 0 Å². The Morgan fingerprint density at radius 3 is 2.70 bits per heavy atom. The van der Waals surface area contributed by atoms with Crippen LogP contribution in [-0.4, -0.2) is 21.0 Å². The summed E-state index contributed by atoms with van der Waals surface area (Å²) in [4.78, 5) is 0.230. The highest BCUT2D eigenvalue weighted by atomic mass is 35.5. The lowest BCUT2D eigenvalue weighted by atomic mass is 10.2. The van der Waals surface area contributed by atoms with Crippen LogP contribution in [0.25, 0.3) is 0 Å². The van der Waals surface area contributed by atoms with Crippen molar-refractivity contribution in [3.8, 4) is 0 Å². The molecular formula is C14H21ClN2O2S. The first-order chi connectivity index (χ1) is 9.53. The van der Waals surface area contributed by atoms with Crippen LogP contribution in [0.1, 0.15) is 38.2 Å². The molecule has 112 valence electrons. The number of halogens is 1. The van der Waals surface area contributed by atoms with Crippen molar-refractivity contribution in [3.63, 3.8) is 0 Å². The number of hydrogen-bond acceptors (Lipinski definition) is 3. The van der Waals surface area contributed by atoms with Gasteiger partial charge in [0.15, 0.2) is 0 Å². The average Bonchev–Trinajstić information content (AvgIpc) is 3.21. The summed E-state index contributed by atoms with van der Waals surface area (Å²) in [6, 6.07) is 5.53. The van der Waals surface area contributed by atoms with Crippen LogP contribution in [0.5, 0.6) is 0 Å². The van der Waals surface area contributed by atoms with Crippen LogP contribution in [0.2, 0.25) is 5.02 Å². The quantitative estimate of drug-likeness (QED) is 0.725. The van der Waals surface area contributed by atoms with Gasteiger partial charge >= 0.3 is 0 Å². The van der Waals surface area contributed by atoms with Crippen molar-refractivity contribution in [3.05, 3.63) is 28.8 Å². The molecule has 1 aliphatic rings. The number of hydrogen-bond donors (Lipinski definition) is 2. The van der Waals surface area contributed by atoms with Crippen molar-refractivity contribution in [2.24, 2.45) is 0 Å². The fraction of sp³-hybridized carbons (Fsp3) is 0.571. The fourth-order valence-corrected chi connectivity index (χ4v) is 3.26. The number of nitrogens with one attached hydrogen (secondary N) is 2. The van der Waals surface area contributed by atoms with Gasteiger partial charge in [-0.1, -0.05) is 31.0 Å². The van der Waals surface area contributed by atoms with Crippen LogP contribution in [0.3, 0.4) is 0 Å². The van der Waals surface area contributed by atoms with Gasteiger partial charge in [0.05, 0.1) is 4.90 Å². The molecule has 1 fully saturated rings. The molecule has 0 unspecified atom stereocenters. The maximum atomic E-state index is 12.1. The largest absolute Gasteiger partial charge is 0.310 e. The van der Waals surface area contributed by atoms with Gasteiger partial charge in [-0.05, 0) is 37.0 Å². The number of sulfonamides is 1. The summed E-state index contributed by atoms with van der Waals surface area (Å²) in [5, 5.41) is 3.86. The van der Waals surface area contributed by atoms with Gasteiger partial charge in [-0.3, -0.25) is 0 Å². The van der Waals surface area contributed by atoms with Gasteiger partial charge in [-0.25, -0.2) is 13.1 Å². The third-order valence-corrected chi connectivity index (χ3v) is 5.13. The second kappa shape index (κ2) is 6.89. The molecule has 1 saturated carbocycles. The lowest BCUT2D eigenvalue weighted by molar-refractivity contribution is 0.578. The van der Waals surface area contributed by atoms with Crippen molar-refractivity contribution >= 4 is 21.6 Å². The molecule has 0 aliphatic heterocycles. The van der Waals surface area contributed by atoms with Crippen LogP contribution >= 0.6 is 11.6 Å². The summed E-state index contributed by atoms with van der Waals surface area (Å²) < 4.78 is 26.7.